The van der Waals surface area contributed by atoms with Gasteiger partial charge in [-0.1, -0.05) is 30.3 Å². The first-order chi connectivity index (χ1) is 11.5. The van der Waals surface area contributed by atoms with Crippen LogP contribution in [-0.2, 0) is 20.8 Å². The molecule has 2 atom stereocenters. The van der Waals surface area contributed by atoms with E-state index in [0.29, 0.717) is 0 Å². The zero-order chi connectivity index (χ0) is 17.8. The Kier molecular flexibility index (Phi) is 9.33. The largest absolute Gasteiger partial charge is 0.445 e. The van der Waals surface area contributed by atoms with Crippen LogP contribution in [0.25, 0.3) is 0 Å². The van der Waals surface area contributed by atoms with E-state index in [1.54, 1.807) is 0 Å². The van der Waals surface area contributed by atoms with Crippen LogP contribution in [0.15, 0.2) is 30.3 Å². The molecule has 4 N–H and O–H groups in total. The number of benzene rings is 1. The minimum absolute atomic E-state index is 0.246. The summed E-state index contributed by atoms with van der Waals surface area (Å²) in [4.78, 5) is 10.2. The highest BCUT2D eigenvalue weighted by atomic mass is 16.7. The average molecular weight is 339 g/mol. The van der Waals surface area contributed by atoms with Crippen molar-refractivity contribution < 1.29 is 19.0 Å². The molecule has 2 aliphatic rings. The number of carbonyl (C=O) groups excluding carboxylic acids is 1. The lowest BCUT2D eigenvalue weighted by Gasteiger charge is -2.19. The molecule has 0 saturated carbocycles. The molecule has 7 nitrogen and oxygen atoms in total. The van der Waals surface area contributed by atoms with Gasteiger partial charge in [0.15, 0.2) is 5.79 Å². The normalized spacial score (nSPS) is 24.5. The molecule has 0 aromatic heterocycles. The van der Waals surface area contributed by atoms with E-state index >= 15 is 0 Å². The van der Waals surface area contributed by atoms with Crippen LogP contribution in [0, 0.1) is 0 Å². The highest BCUT2D eigenvalue weighted by molar-refractivity contribution is 5.64. The van der Waals surface area contributed by atoms with Gasteiger partial charge in [0.1, 0.15) is 6.61 Å². The topological polar surface area (TPSA) is 94.8 Å². The summed E-state index contributed by atoms with van der Waals surface area (Å²) in [7, 11) is 3.75. The first-order valence-electron chi connectivity index (χ1n) is 8.08. The van der Waals surface area contributed by atoms with Gasteiger partial charge < -0.3 is 30.6 Å². The van der Waals surface area contributed by atoms with Gasteiger partial charge in [-0.2, -0.15) is 0 Å². The second-order valence-corrected chi connectivity index (χ2v) is 5.67. The summed E-state index contributed by atoms with van der Waals surface area (Å²) in [5.41, 5.74) is 5.72. The quantitative estimate of drug-likeness (QED) is 0.750. The van der Waals surface area contributed by atoms with Gasteiger partial charge in [-0.15, -0.1) is 0 Å². The number of hydrogen-bond donors (Lipinski definition) is 3. The third kappa shape index (κ3) is 7.74. The van der Waals surface area contributed by atoms with Crippen molar-refractivity contribution in [3.63, 3.8) is 0 Å². The molecule has 2 heterocycles. The molecule has 2 unspecified atom stereocenters. The highest BCUT2D eigenvalue weighted by Gasteiger charge is 2.42. The van der Waals surface area contributed by atoms with E-state index in [2.05, 4.69) is 15.4 Å². The number of hydrogen-bond acceptors (Lipinski definition) is 6. The Bertz CT molecular complexity index is 464. The first-order valence-corrected chi connectivity index (χ1v) is 8.08. The fourth-order valence-corrected chi connectivity index (χ4v) is 2.30. The zero-order valence-corrected chi connectivity index (χ0v) is 14.7. The average Bonchev–Trinajstić information content (AvgIpc) is 3.17. The van der Waals surface area contributed by atoms with Crippen molar-refractivity contribution in [3.8, 4) is 0 Å². The maximum Gasteiger partial charge on any atom is 0.404 e. The Morgan fingerprint density at radius 2 is 2.08 bits per heavy atom. The van der Waals surface area contributed by atoms with Crippen LogP contribution < -0.4 is 16.4 Å². The van der Waals surface area contributed by atoms with Gasteiger partial charge in [-0.25, -0.2) is 4.79 Å². The van der Waals surface area contributed by atoms with E-state index in [4.69, 9.17) is 15.2 Å². The second-order valence-electron chi connectivity index (χ2n) is 5.67. The smallest absolute Gasteiger partial charge is 0.404 e. The summed E-state index contributed by atoms with van der Waals surface area (Å²) in [5.74, 6) is -0.251. The third-order valence-electron chi connectivity index (χ3n) is 3.30. The molecule has 1 spiro atoms. The molecule has 2 aliphatic heterocycles. The number of nitrogens with two attached hydrogens (primary N) is 1. The van der Waals surface area contributed by atoms with Crippen molar-refractivity contribution in [1.82, 2.24) is 10.6 Å². The monoisotopic (exact) mass is 339 g/mol. The summed E-state index contributed by atoms with van der Waals surface area (Å²) in [5, 5.41) is 5.98. The number of carbonyl (C=O) groups is 1. The number of primary amides is 1. The van der Waals surface area contributed by atoms with Crippen LogP contribution in [-0.4, -0.2) is 51.8 Å². The van der Waals surface area contributed by atoms with E-state index < -0.39 is 6.09 Å². The highest BCUT2D eigenvalue weighted by Crippen LogP contribution is 2.28. The molecule has 0 radical (unpaired) electrons. The van der Waals surface area contributed by atoms with Crippen LogP contribution in [0.4, 0.5) is 4.79 Å². The molecule has 2 saturated heterocycles. The van der Waals surface area contributed by atoms with Crippen LogP contribution in [0.1, 0.15) is 18.9 Å². The molecule has 24 heavy (non-hydrogen) atoms. The Morgan fingerprint density at radius 3 is 2.54 bits per heavy atom. The lowest BCUT2D eigenvalue weighted by atomic mass is 10.2. The molecule has 0 bridgehead atoms. The van der Waals surface area contributed by atoms with Crippen molar-refractivity contribution in [2.24, 2.45) is 5.73 Å². The number of amides is 1. The summed E-state index contributed by atoms with van der Waals surface area (Å²) in [6.07, 6.45) is 0.533. The van der Waals surface area contributed by atoms with Gasteiger partial charge in [-0.3, -0.25) is 0 Å². The van der Waals surface area contributed by atoms with Gasteiger partial charge in [0.05, 0.1) is 12.7 Å². The predicted molar refractivity (Wildman–Crippen MR) is 92.5 cm³/mol. The lowest BCUT2D eigenvalue weighted by molar-refractivity contribution is -0.149. The minimum atomic E-state index is -0.742. The van der Waals surface area contributed by atoms with Crippen molar-refractivity contribution in [3.05, 3.63) is 35.9 Å². The van der Waals surface area contributed by atoms with Crippen molar-refractivity contribution in [1.29, 1.82) is 0 Å². The molecular formula is C17H29N3O4. The van der Waals surface area contributed by atoms with Crippen LogP contribution in [0.2, 0.25) is 0 Å². The molecule has 2 fully saturated rings. The molecule has 1 aromatic carbocycles. The fourth-order valence-electron chi connectivity index (χ4n) is 2.30. The summed E-state index contributed by atoms with van der Waals surface area (Å²) < 4.78 is 15.7. The molecule has 136 valence electrons. The molecule has 1 amide bonds. The van der Waals surface area contributed by atoms with Crippen LogP contribution >= 0.6 is 0 Å². The van der Waals surface area contributed by atoms with Crippen molar-refractivity contribution in [2.75, 3.05) is 33.8 Å². The third-order valence-corrected chi connectivity index (χ3v) is 3.30. The van der Waals surface area contributed by atoms with Gasteiger partial charge in [-0.05, 0) is 26.6 Å². The lowest BCUT2D eigenvalue weighted by Crippen LogP contribution is -2.32. The first kappa shape index (κ1) is 20.4. The van der Waals surface area contributed by atoms with Crippen LogP contribution in [0.5, 0.6) is 0 Å². The summed E-state index contributed by atoms with van der Waals surface area (Å²) in [6, 6.07) is 9.37. The molecule has 3 rings (SSSR count). The van der Waals surface area contributed by atoms with Gasteiger partial charge in [0.2, 0.25) is 0 Å². The van der Waals surface area contributed by atoms with Crippen molar-refractivity contribution >= 4 is 6.09 Å². The predicted octanol–water partition coefficient (Wildman–Crippen LogP) is 1.23. The summed E-state index contributed by atoms with van der Waals surface area (Å²) >= 11 is 0. The molecule has 0 aliphatic carbocycles. The molecule has 7 heteroatoms. The standard InChI is InChI=1S/C8H9NO2.C7H13NO2.C2H7N/c9-8(10)11-6-7-4-2-1-3-5-7;1-6-4-9-7(10-6)2-3-8-5-7;1-3-2/h1-5H,6H2,(H2,9,10);6,8H,2-5H2,1H3;3H,1-2H3. The van der Waals surface area contributed by atoms with Gasteiger partial charge in [0.25, 0.3) is 0 Å². The van der Waals surface area contributed by atoms with Crippen LogP contribution in [0.3, 0.4) is 0 Å². The number of nitrogens with one attached hydrogen (secondary N) is 2. The van der Waals surface area contributed by atoms with Crippen molar-refractivity contribution in [2.45, 2.75) is 31.8 Å². The summed E-state index contributed by atoms with van der Waals surface area (Å²) in [6.45, 7) is 4.93. The number of rotatable bonds is 2. The van der Waals surface area contributed by atoms with E-state index in [-0.39, 0.29) is 18.5 Å². The SMILES string of the molecule is CC1COC2(CCNC2)O1.CNC.NC(=O)OCc1ccccc1. The van der Waals surface area contributed by atoms with E-state index in [9.17, 15) is 4.79 Å². The fraction of sp³-hybridized carbons (Fsp3) is 0.588. The van der Waals surface area contributed by atoms with E-state index in [0.717, 1.165) is 31.7 Å². The Labute approximate surface area is 143 Å². The van der Waals surface area contributed by atoms with E-state index in [1.807, 2.05) is 51.4 Å². The Balaban J connectivity index is 0.000000207. The van der Waals surface area contributed by atoms with Gasteiger partial charge in [0, 0.05) is 19.5 Å². The minimum Gasteiger partial charge on any atom is -0.445 e. The molecule has 1 aromatic rings. The van der Waals surface area contributed by atoms with Gasteiger partial charge >= 0.3 is 6.09 Å². The molecular weight excluding hydrogens is 310 g/mol. The Hall–Kier alpha value is -1.67. The number of ether oxygens (including phenoxy) is 3. The maximum absolute atomic E-state index is 10.2. The zero-order valence-electron chi connectivity index (χ0n) is 14.7. The second kappa shape index (κ2) is 11.0. The van der Waals surface area contributed by atoms with E-state index in [1.165, 1.54) is 0 Å². The maximum atomic E-state index is 10.2. The Morgan fingerprint density at radius 1 is 1.42 bits per heavy atom.